The molecule has 0 unspecified atom stereocenters. The third-order valence-corrected chi connectivity index (χ3v) is 2.59. The van der Waals surface area contributed by atoms with E-state index in [1.807, 2.05) is 13.8 Å². The minimum atomic E-state index is -0.221. The maximum atomic E-state index is 11.3. The largest absolute Gasteiger partial charge is 0.463 e. The van der Waals surface area contributed by atoms with Gasteiger partial charge in [-0.05, 0) is 31.6 Å². The third-order valence-electron chi connectivity index (χ3n) is 2.59. The van der Waals surface area contributed by atoms with E-state index in [0.29, 0.717) is 24.4 Å². The standard InChI is InChI=1S/C13H24O2/c1-7-15-12(14)8-11(6)13(9(2)3)10(4)5/h8-10,13H,7H2,1-6H3/b11-8+. The van der Waals surface area contributed by atoms with Gasteiger partial charge in [0.1, 0.15) is 0 Å². The Hall–Kier alpha value is -0.790. The summed E-state index contributed by atoms with van der Waals surface area (Å²) < 4.78 is 4.91. The third kappa shape index (κ3) is 5.01. The van der Waals surface area contributed by atoms with Crippen molar-refractivity contribution in [1.82, 2.24) is 0 Å². The molecule has 2 heteroatoms. The van der Waals surface area contributed by atoms with Gasteiger partial charge in [-0.3, -0.25) is 0 Å². The lowest BCUT2D eigenvalue weighted by atomic mass is 9.80. The van der Waals surface area contributed by atoms with E-state index in [4.69, 9.17) is 4.74 Å². The van der Waals surface area contributed by atoms with Gasteiger partial charge in [0.25, 0.3) is 0 Å². The molecule has 0 saturated carbocycles. The summed E-state index contributed by atoms with van der Waals surface area (Å²) in [6, 6.07) is 0. The van der Waals surface area contributed by atoms with Gasteiger partial charge < -0.3 is 4.74 Å². The Morgan fingerprint density at radius 2 is 1.67 bits per heavy atom. The van der Waals surface area contributed by atoms with E-state index in [1.54, 1.807) is 6.08 Å². The van der Waals surface area contributed by atoms with Crippen LogP contribution in [-0.2, 0) is 9.53 Å². The van der Waals surface area contributed by atoms with Crippen LogP contribution in [-0.4, -0.2) is 12.6 Å². The van der Waals surface area contributed by atoms with E-state index in [-0.39, 0.29) is 5.97 Å². The summed E-state index contributed by atoms with van der Waals surface area (Å²) in [6.45, 7) is 13.0. The van der Waals surface area contributed by atoms with Crippen molar-refractivity contribution in [2.45, 2.75) is 41.5 Å². The molecule has 2 nitrogen and oxygen atoms in total. The molecule has 0 aromatic carbocycles. The summed E-state index contributed by atoms with van der Waals surface area (Å²) in [6.07, 6.45) is 1.63. The average molecular weight is 212 g/mol. The quantitative estimate of drug-likeness (QED) is 0.515. The second-order valence-corrected chi connectivity index (χ2v) is 4.65. The molecule has 0 aliphatic carbocycles. The van der Waals surface area contributed by atoms with Crippen LogP contribution < -0.4 is 0 Å². The highest BCUT2D eigenvalue weighted by atomic mass is 16.5. The van der Waals surface area contributed by atoms with Gasteiger partial charge in [-0.25, -0.2) is 4.79 Å². The zero-order chi connectivity index (χ0) is 12.0. The Labute approximate surface area is 93.7 Å². The molecule has 0 radical (unpaired) electrons. The first-order valence-electron chi connectivity index (χ1n) is 5.75. The van der Waals surface area contributed by atoms with Crippen LogP contribution in [0.15, 0.2) is 11.6 Å². The van der Waals surface area contributed by atoms with Crippen molar-refractivity contribution in [2.24, 2.45) is 17.8 Å². The number of esters is 1. The van der Waals surface area contributed by atoms with Crippen LogP contribution in [0, 0.1) is 17.8 Å². The van der Waals surface area contributed by atoms with Crippen LogP contribution in [0.1, 0.15) is 41.5 Å². The molecule has 0 atom stereocenters. The van der Waals surface area contributed by atoms with Crippen LogP contribution in [0.5, 0.6) is 0 Å². The summed E-state index contributed by atoms with van der Waals surface area (Å²) >= 11 is 0. The minimum Gasteiger partial charge on any atom is -0.463 e. The summed E-state index contributed by atoms with van der Waals surface area (Å²) in [5.74, 6) is 1.34. The maximum Gasteiger partial charge on any atom is 0.330 e. The topological polar surface area (TPSA) is 26.3 Å². The summed E-state index contributed by atoms with van der Waals surface area (Å²) in [5.41, 5.74) is 1.12. The lowest BCUT2D eigenvalue weighted by molar-refractivity contribution is -0.137. The van der Waals surface area contributed by atoms with Crippen molar-refractivity contribution in [2.75, 3.05) is 6.61 Å². The molecule has 0 spiro atoms. The number of hydrogen-bond donors (Lipinski definition) is 0. The number of carbonyl (C=O) groups excluding carboxylic acids is 1. The molecular weight excluding hydrogens is 188 g/mol. The number of ether oxygens (including phenoxy) is 1. The Kier molecular flexibility index (Phi) is 6.30. The SMILES string of the molecule is CCOC(=O)/C=C(\C)C(C(C)C)C(C)C. The fourth-order valence-corrected chi connectivity index (χ4v) is 2.29. The Balaban J connectivity index is 4.62. The Bertz CT molecular complexity index is 219. The van der Waals surface area contributed by atoms with Crippen LogP contribution in [0.2, 0.25) is 0 Å². The van der Waals surface area contributed by atoms with Gasteiger partial charge in [0, 0.05) is 6.08 Å². The van der Waals surface area contributed by atoms with E-state index >= 15 is 0 Å². The van der Waals surface area contributed by atoms with Gasteiger partial charge in [-0.2, -0.15) is 0 Å². The Morgan fingerprint density at radius 1 is 1.20 bits per heavy atom. The molecule has 0 aliphatic heterocycles. The molecule has 88 valence electrons. The van der Waals surface area contributed by atoms with Crippen LogP contribution in [0.3, 0.4) is 0 Å². The van der Waals surface area contributed by atoms with E-state index in [9.17, 15) is 4.79 Å². The molecule has 0 N–H and O–H groups in total. The highest BCUT2D eigenvalue weighted by Crippen LogP contribution is 2.27. The molecule has 0 amide bonds. The van der Waals surface area contributed by atoms with E-state index < -0.39 is 0 Å². The molecular formula is C13H24O2. The molecule has 0 heterocycles. The van der Waals surface area contributed by atoms with Gasteiger partial charge in [-0.15, -0.1) is 0 Å². The van der Waals surface area contributed by atoms with E-state index in [0.717, 1.165) is 5.57 Å². The highest BCUT2D eigenvalue weighted by Gasteiger charge is 2.19. The molecule has 0 saturated heterocycles. The van der Waals surface area contributed by atoms with Crippen LogP contribution in [0.25, 0.3) is 0 Å². The van der Waals surface area contributed by atoms with Crippen molar-refractivity contribution < 1.29 is 9.53 Å². The second-order valence-electron chi connectivity index (χ2n) is 4.65. The summed E-state index contributed by atoms with van der Waals surface area (Å²) in [4.78, 5) is 11.3. The van der Waals surface area contributed by atoms with Crippen molar-refractivity contribution in [3.8, 4) is 0 Å². The van der Waals surface area contributed by atoms with Crippen LogP contribution >= 0.6 is 0 Å². The highest BCUT2D eigenvalue weighted by molar-refractivity contribution is 5.82. The van der Waals surface area contributed by atoms with Crippen LogP contribution in [0.4, 0.5) is 0 Å². The van der Waals surface area contributed by atoms with Crippen molar-refractivity contribution >= 4 is 5.97 Å². The fraction of sp³-hybridized carbons (Fsp3) is 0.769. The normalized spacial score (nSPS) is 12.7. The first-order chi connectivity index (χ1) is 6.90. The zero-order valence-electron chi connectivity index (χ0n) is 10.8. The number of carbonyl (C=O) groups is 1. The predicted octanol–water partition coefficient (Wildman–Crippen LogP) is 3.42. The van der Waals surface area contributed by atoms with E-state index in [1.165, 1.54) is 0 Å². The average Bonchev–Trinajstić information content (AvgIpc) is 2.01. The van der Waals surface area contributed by atoms with Crippen molar-refractivity contribution in [3.05, 3.63) is 11.6 Å². The first kappa shape index (κ1) is 14.2. The van der Waals surface area contributed by atoms with E-state index in [2.05, 4.69) is 27.7 Å². The monoisotopic (exact) mass is 212 g/mol. The number of rotatable bonds is 5. The molecule has 0 bridgehead atoms. The molecule has 15 heavy (non-hydrogen) atoms. The molecule has 0 aromatic rings. The molecule has 0 aromatic heterocycles. The summed E-state index contributed by atoms with van der Waals surface area (Å²) in [7, 11) is 0. The fourth-order valence-electron chi connectivity index (χ4n) is 2.29. The molecule has 0 fully saturated rings. The Morgan fingerprint density at radius 3 is 2.00 bits per heavy atom. The van der Waals surface area contributed by atoms with Gasteiger partial charge >= 0.3 is 5.97 Å². The smallest absolute Gasteiger partial charge is 0.330 e. The predicted molar refractivity (Wildman–Crippen MR) is 63.6 cm³/mol. The lowest BCUT2D eigenvalue weighted by Crippen LogP contribution is -2.18. The summed E-state index contributed by atoms with van der Waals surface area (Å²) in [5, 5.41) is 0. The minimum absolute atomic E-state index is 0.221. The van der Waals surface area contributed by atoms with Crippen molar-refractivity contribution in [1.29, 1.82) is 0 Å². The van der Waals surface area contributed by atoms with Gasteiger partial charge in [0.05, 0.1) is 6.61 Å². The van der Waals surface area contributed by atoms with Gasteiger partial charge in [0.2, 0.25) is 0 Å². The molecule has 0 rings (SSSR count). The maximum absolute atomic E-state index is 11.3. The zero-order valence-corrected chi connectivity index (χ0v) is 10.8. The number of hydrogen-bond acceptors (Lipinski definition) is 2. The second kappa shape index (κ2) is 6.65. The molecule has 0 aliphatic rings. The van der Waals surface area contributed by atoms with Gasteiger partial charge in [0.15, 0.2) is 0 Å². The van der Waals surface area contributed by atoms with Gasteiger partial charge in [-0.1, -0.05) is 33.3 Å². The number of allylic oxidation sites excluding steroid dienone is 1. The lowest BCUT2D eigenvalue weighted by Gasteiger charge is -2.25. The first-order valence-corrected chi connectivity index (χ1v) is 5.75. The van der Waals surface area contributed by atoms with Crippen molar-refractivity contribution in [3.63, 3.8) is 0 Å².